The highest BCUT2D eigenvalue weighted by molar-refractivity contribution is 6.31. The van der Waals surface area contributed by atoms with Crippen LogP contribution in [-0.2, 0) is 19.1 Å². The van der Waals surface area contributed by atoms with Gasteiger partial charge in [0.1, 0.15) is 5.70 Å². The molecule has 0 bridgehead atoms. The van der Waals surface area contributed by atoms with Gasteiger partial charge in [0.25, 0.3) is 5.91 Å². The zero-order chi connectivity index (χ0) is 24.0. The number of methoxy groups -OCH3 is 1. The van der Waals surface area contributed by atoms with Crippen LogP contribution in [0.15, 0.2) is 29.5 Å². The summed E-state index contributed by atoms with van der Waals surface area (Å²) in [7, 11) is 1.25. The van der Waals surface area contributed by atoms with Gasteiger partial charge in [-0.3, -0.25) is 4.79 Å². The highest BCUT2D eigenvalue weighted by Gasteiger charge is 2.35. The van der Waals surface area contributed by atoms with E-state index in [4.69, 9.17) is 21.1 Å². The molecular formula is C22H29ClN4O6. The van der Waals surface area contributed by atoms with E-state index in [0.29, 0.717) is 36.1 Å². The van der Waals surface area contributed by atoms with Gasteiger partial charge in [0.2, 0.25) is 0 Å². The molecule has 2 amide bonds. The van der Waals surface area contributed by atoms with E-state index in [1.165, 1.54) is 12.0 Å². The Bertz CT molecular complexity index is 929. The van der Waals surface area contributed by atoms with Crippen molar-refractivity contribution in [2.45, 2.75) is 25.8 Å². The molecule has 180 valence electrons. The van der Waals surface area contributed by atoms with Crippen LogP contribution in [0.25, 0.3) is 0 Å². The number of amides is 2. The summed E-state index contributed by atoms with van der Waals surface area (Å²) >= 11 is 6.21. The van der Waals surface area contributed by atoms with Crippen LogP contribution in [-0.4, -0.2) is 85.4 Å². The number of piperidine rings is 1. The van der Waals surface area contributed by atoms with Crippen molar-refractivity contribution in [1.82, 2.24) is 9.80 Å². The normalized spacial score (nSPS) is 16.8. The summed E-state index contributed by atoms with van der Waals surface area (Å²) < 4.78 is 9.90. The number of ether oxygens (including phenoxy) is 2. The first kappa shape index (κ1) is 24.7. The number of hydrogen-bond acceptors (Lipinski definition) is 8. The predicted octanol–water partition coefficient (Wildman–Crippen LogP) is 2.05. The molecule has 0 aliphatic carbocycles. The lowest BCUT2D eigenvalue weighted by Gasteiger charge is -2.32. The molecular weight excluding hydrogens is 452 g/mol. The maximum atomic E-state index is 12.9. The lowest BCUT2D eigenvalue weighted by molar-refractivity contribution is -0.136. The average molecular weight is 481 g/mol. The second kappa shape index (κ2) is 11.2. The number of aliphatic hydroxyl groups is 1. The number of halogens is 1. The average Bonchev–Trinajstić information content (AvgIpc) is 3.11. The number of anilines is 2. The molecule has 10 nitrogen and oxygen atoms in total. The number of nitrogens with one attached hydrogen (secondary N) is 2. The van der Waals surface area contributed by atoms with Crippen LogP contribution in [0, 0.1) is 0 Å². The molecule has 0 spiro atoms. The standard InChI is InChI=1S/C22H29ClN4O6/c1-3-33-22(31)26-8-6-15(7-9-26)24-17-5-4-14(23)12-18(17)25-19-16(21(30)32-2)13-27(10-11-28)20(19)29/h4-5,12,15,24-25,28H,3,6-11,13H2,1-2H3. The molecule has 0 atom stereocenters. The third-order valence-corrected chi connectivity index (χ3v) is 5.81. The molecule has 1 fully saturated rings. The van der Waals surface area contributed by atoms with E-state index >= 15 is 0 Å². The summed E-state index contributed by atoms with van der Waals surface area (Å²) in [4.78, 5) is 40.1. The second-order valence-corrected chi connectivity index (χ2v) is 8.15. The summed E-state index contributed by atoms with van der Waals surface area (Å²) in [5.41, 5.74) is 1.52. The van der Waals surface area contributed by atoms with Crippen LogP contribution in [0.4, 0.5) is 16.2 Å². The number of hydrogen-bond donors (Lipinski definition) is 3. The molecule has 0 aromatic heterocycles. The summed E-state index contributed by atoms with van der Waals surface area (Å²) in [6, 6.07) is 5.29. The van der Waals surface area contributed by atoms with Gasteiger partial charge >= 0.3 is 12.1 Å². The molecule has 2 aliphatic rings. The van der Waals surface area contributed by atoms with Gasteiger partial charge in [-0.05, 0) is 38.0 Å². The molecule has 3 rings (SSSR count). The number of β-amino-alcohol motifs (C(OH)–C–C–N with tert-alkyl or cyclic N) is 1. The number of benzene rings is 1. The Morgan fingerprint density at radius 2 is 1.97 bits per heavy atom. The van der Waals surface area contributed by atoms with Gasteiger partial charge in [0.05, 0.1) is 43.8 Å². The fraction of sp³-hybridized carbons (Fsp3) is 0.500. The van der Waals surface area contributed by atoms with E-state index in [-0.39, 0.29) is 43.1 Å². The monoisotopic (exact) mass is 480 g/mol. The van der Waals surface area contributed by atoms with Gasteiger partial charge in [-0.15, -0.1) is 0 Å². The molecule has 11 heteroatoms. The molecule has 2 aliphatic heterocycles. The maximum Gasteiger partial charge on any atom is 0.409 e. The fourth-order valence-electron chi connectivity index (χ4n) is 3.87. The van der Waals surface area contributed by atoms with Crippen molar-refractivity contribution < 1.29 is 29.0 Å². The van der Waals surface area contributed by atoms with Gasteiger partial charge in [0, 0.05) is 30.7 Å². The van der Waals surface area contributed by atoms with Gasteiger partial charge in [0.15, 0.2) is 0 Å². The highest BCUT2D eigenvalue weighted by atomic mass is 35.5. The van der Waals surface area contributed by atoms with E-state index in [2.05, 4.69) is 10.6 Å². The van der Waals surface area contributed by atoms with Gasteiger partial charge in [-0.1, -0.05) is 11.6 Å². The zero-order valence-corrected chi connectivity index (χ0v) is 19.5. The minimum atomic E-state index is -0.617. The highest BCUT2D eigenvalue weighted by Crippen LogP contribution is 2.31. The Morgan fingerprint density at radius 1 is 1.24 bits per heavy atom. The van der Waals surface area contributed by atoms with E-state index in [0.717, 1.165) is 12.8 Å². The predicted molar refractivity (Wildman–Crippen MR) is 123 cm³/mol. The van der Waals surface area contributed by atoms with Gasteiger partial charge in [-0.2, -0.15) is 0 Å². The number of likely N-dealkylation sites (tertiary alicyclic amines) is 1. The van der Waals surface area contributed by atoms with E-state index in [9.17, 15) is 19.5 Å². The zero-order valence-electron chi connectivity index (χ0n) is 18.7. The van der Waals surface area contributed by atoms with E-state index in [1.54, 1.807) is 30.0 Å². The second-order valence-electron chi connectivity index (χ2n) is 7.71. The van der Waals surface area contributed by atoms with Crippen molar-refractivity contribution >= 4 is 40.9 Å². The first-order valence-corrected chi connectivity index (χ1v) is 11.2. The van der Waals surface area contributed by atoms with E-state index in [1.807, 2.05) is 0 Å². The number of rotatable bonds is 8. The molecule has 1 saturated heterocycles. The first-order valence-electron chi connectivity index (χ1n) is 10.8. The maximum absolute atomic E-state index is 12.9. The Kier molecular flexibility index (Phi) is 8.40. The summed E-state index contributed by atoms with van der Waals surface area (Å²) in [5, 5.41) is 16.2. The number of carbonyl (C=O) groups is 3. The molecule has 1 aromatic carbocycles. The third-order valence-electron chi connectivity index (χ3n) is 5.58. The molecule has 0 radical (unpaired) electrons. The van der Waals surface area contributed by atoms with Crippen molar-refractivity contribution in [1.29, 1.82) is 0 Å². The largest absolute Gasteiger partial charge is 0.466 e. The van der Waals surface area contributed by atoms with Crippen molar-refractivity contribution in [3.05, 3.63) is 34.5 Å². The first-order chi connectivity index (χ1) is 15.9. The topological polar surface area (TPSA) is 120 Å². The lowest BCUT2D eigenvalue weighted by Crippen LogP contribution is -2.42. The quantitative estimate of drug-likeness (QED) is 0.483. The van der Waals surface area contributed by atoms with Crippen molar-refractivity contribution in [2.24, 2.45) is 0 Å². The van der Waals surface area contributed by atoms with Crippen molar-refractivity contribution in [3.8, 4) is 0 Å². The van der Waals surface area contributed by atoms with E-state index < -0.39 is 11.9 Å². The Hall–Kier alpha value is -2.98. The molecule has 33 heavy (non-hydrogen) atoms. The third kappa shape index (κ3) is 5.88. The lowest BCUT2D eigenvalue weighted by atomic mass is 10.0. The molecule has 2 heterocycles. The molecule has 0 unspecified atom stereocenters. The Labute approximate surface area is 197 Å². The molecule has 1 aromatic rings. The van der Waals surface area contributed by atoms with Crippen molar-refractivity contribution in [2.75, 3.05) is 57.1 Å². The minimum Gasteiger partial charge on any atom is -0.466 e. The fourth-order valence-corrected chi connectivity index (χ4v) is 4.04. The summed E-state index contributed by atoms with van der Waals surface area (Å²) in [6.07, 6.45) is 1.14. The molecule has 0 saturated carbocycles. The number of esters is 1. The Morgan fingerprint density at radius 3 is 2.61 bits per heavy atom. The number of aliphatic hydroxyl groups excluding tert-OH is 1. The summed E-state index contributed by atoms with van der Waals surface area (Å²) in [6.45, 7) is 3.18. The Balaban J connectivity index is 1.77. The van der Waals surface area contributed by atoms with Gasteiger partial charge < -0.3 is 35.0 Å². The van der Waals surface area contributed by atoms with Crippen LogP contribution >= 0.6 is 11.6 Å². The van der Waals surface area contributed by atoms with Crippen LogP contribution < -0.4 is 10.6 Å². The minimum absolute atomic E-state index is 0.0457. The van der Waals surface area contributed by atoms with Crippen molar-refractivity contribution in [3.63, 3.8) is 0 Å². The van der Waals surface area contributed by atoms with Gasteiger partial charge in [-0.25, -0.2) is 9.59 Å². The number of carbonyl (C=O) groups excluding carboxylic acids is 3. The van der Waals surface area contributed by atoms with Crippen LogP contribution in [0.5, 0.6) is 0 Å². The summed E-state index contributed by atoms with van der Waals surface area (Å²) in [5.74, 6) is -1.02. The molecule has 3 N–H and O–H groups in total. The SMILES string of the molecule is CCOC(=O)N1CCC(Nc2ccc(Cl)cc2NC2=C(C(=O)OC)CN(CCO)C2=O)CC1. The smallest absolute Gasteiger partial charge is 0.409 e. The number of nitrogens with zero attached hydrogens (tertiary/aromatic N) is 2. The van der Waals surface area contributed by atoms with Crippen LogP contribution in [0.1, 0.15) is 19.8 Å². The van der Waals surface area contributed by atoms with Crippen LogP contribution in [0.2, 0.25) is 5.02 Å². The van der Waals surface area contributed by atoms with Crippen LogP contribution in [0.3, 0.4) is 0 Å².